The molecule has 0 aliphatic rings. The van der Waals surface area contributed by atoms with Gasteiger partial charge in [0.2, 0.25) is 0 Å². The van der Waals surface area contributed by atoms with E-state index in [-0.39, 0.29) is 98.8 Å². The number of carbonyl (C=O) groups is 7. The Bertz CT molecular complexity index is 3300. The molecule has 0 spiro atoms. The highest BCUT2D eigenvalue weighted by Gasteiger charge is 2.14. The molecule has 0 atom stereocenters. The van der Waals surface area contributed by atoms with Crippen LogP contribution in [0, 0.1) is 0 Å². The molecule has 0 unspecified atom stereocenters. The largest absolute Gasteiger partial charge is 0.508 e. The number of rotatable bonds is 10. The fourth-order valence-corrected chi connectivity index (χ4v) is 5.48. The Morgan fingerprint density at radius 3 is 1.06 bits per heavy atom. The molecule has 29 nitrogen and oxygen atoms in total. The highest BCUT2D eigenvalue weighted by molar-refractivity contribution is 5.92. The van der Waals surface area contributed by atoms with E-state index in [2.05, 4.69) is 0 Å². The topological polar surface area (TPSA) is 565 Å². The predicted octanol–water partition coefficient (Wildman–Crippen LogP) is 5.06. The van der Waals surface area contributed by atoms with Crippen LogP contribution in [0.2, 0.25) is 0 Å². The molecule has 0 aliphatic heterocycles. The number of phenolic OH excluding ortho intramolecular Hbond substituents is 14. The molecule has 0 amide bonds. The summed E-state index contributed by atoms with van der Waals surface area (Å²) in [5, 5.41) is 192. The molecule has 0 aromatic heterocycles. The normalized spacial score (nSPS) is 9.58. The van der Waals surface area contributed by atoms with Crippen LogP contribution in [0.15, 0.2) is 121 Å². The fraction of sp³-hybridized carbons (Fsp3) is 0.0577. The Kier molecular flexibility index (Phi) is 26.1. The van der Waals surface area contributed by atoms with Gasteiger partial charge in [-0.15, -0.1) is 0 Å². The summed E-state index contributed by atoms with van der Waals surface area (Å²) in [7, 11) is 0. The lowest BCUT2D eigenvalue weighted by atomic mass is 10.1. The zero-order chi connectivity index (χ0) is 62.0. The lowest BCUT2D eigenvalue weighted by Gasteiger charge is -2.02. The van der Waals surface area contributed by atoms with Crippen molar-refractivity contribution in [3.63, 3.8) is 0 Å². The predicted molar refractivity (Wildman–Crippen MR) is 272 cm³/mol. The first kappa shape index (κ1) is 66.8. The summed E-state index contributed by atoms with van der Waals surface area (Å²) in [6.45, 7) is 0. The molecule has 0 saturated carbocycles. The van der Waals surface area contributed by atoms with Crippen molar-refractivity contribution >= 4 is 41.8 Å². The molecule has 0 aliphatic carbocycles. The average molecular weight is 1140 g/mol. The average Bonchev–Trinajstić information content (AvgIpc) is 3.35. The standard InChI is InChI=1S/3C8H8O4.C7H6O5.3C7H6O4/c9-6-1-5(3-8(11)12)2-7(10)4-6;9-6-2-1-5(3-7(6)10)4-8(11)12;9-6-3-1-2-5(8(6)12)4-7(10)11;8-4-1-3(7(11)12)2-5(9)6(4)10;8-5-1-4(7(10)11)2-6(9)3-5;8-5-2-1-4(7(10)11)3-6(5)9;8-5-3-1-2-4(6(5)9)7(10)11/h1-2,4,9-10H,3H2,(H,11,12);1-3,9-10H,4H2,(H,11,12);1-3,9,12H,4H2,(H,10,11);1-2,8-10H,(H,11,12);3*1-3,8-9H,(H,10,11). The molecule has 29 heteroatoms. The van der Waals surface area contributed by atoms with Crippen LogP contribution in [0.25, 0.3) is 0 Å². The number of hydrogen-bond acceptors (Lipinski definition) is 22. The first-order chi connectivity index (χ1) is 37.6. The lowest BCUT2D eigenvalue weighted by Crippen LogP contribution is -1.99. The molecule has 430 valence electrons. The van der Waals surface area contributed by atoms with Gasteiger partial charge in [0.15, 0.2) is 63.2 Å². The minimum atomic E-state index is -1.29. The summed E-state index contributed by atoms with van der Waals surface area (Å²) in [5.41, 5.74) is 0.260. The first-order valence-electron chi connectivity index (χ1n) is 21.6. The Morgan fingerprint density at radius 1 is 0.272 bits per heavy atom. The molecule has 7 aromatic carbocycles. The van der Waals surface area contributed by atoms with Crippen molar-refractivity contribution in [2.75, 3.05) is 0 Å². The molecule has 0 bridgehead atoms. The van der Waals surface area contributed by atoms with E-state index in [0.717, 1.165) is 48.5 Å². The van der Waals surface area contributed by atoms with Gasteiger partial charge in [0, 0.05) is 17.7 Å². The fourth-order valence-electron chi connectivity index (χ4n) is 5.48. The van der Waals surface area contributed by atoms with Crippen LogP contribution in [-0.2, 0) is 33.6 Å². The van der Waals surface area contributed by atoms with Gasteiger partial charge in [0.1, 0.15) is 28.6 Å². The molecule has 7 rings (SSSR count). The zero-order valence-electron chi connectivity index (χ0n) is 40.9. The monoisotopic (exact) mass is 1140 g/mol. The summed E-state index contributed by atoms with van der Waals surface area (Å²) >= 11 is 0. The molecular weight excluding hydrogens is 1090 g/mol. The number of para-hydroxylation sites is 2. The third-order valence-corrected chi connectivity index (χ3v) is 9.09. The van der Waals surface area contributed by atoms with Gasteiger partial charge in [-0.2, -0.15) is 0 Å². The van der Waals surface area contributed by atoms with Crippen molar-refractivity contribution in [2.45, 2.75) is 19.3 Å². The summed E-state index contributed by atoms with van der Waals surface area (Å²) in [6, 6.07) is 23.8. The van der Waals surface area contributed by atoms with Gasteiger partial charge >= 0.3 is 41.8 Å². The van der Waals surface area contributed by atoms with Crippen LogP contribution in [0.1, 0.15) is 58.1 Å². The summed E-state index contributed by atoms with van der Waals surface area (Å²) in [4.78, 5) is 71.9. The minimum absolute atomic E-state index is 0.0553. The van der Waals surface area contributed by atoms with E-state index in [1.54, 1.807) is 0 Å². The molecule has 0 heterocycles. The Balaban J connectivity index is 0.000000473. The second-order valence-electron chi connectivity index (χ2n) is 15.4. The molecule has 81 heavy (non-hydrogen) atoms. The number of hydrogen-bond donors (Lipinski definition) is 22. The van der Waals surface area contributed by atoms with Gasteiger partial charge in [-0.3, -0.25) is 14.4 Å². The number of carboxylic acid groups (broad SMARTS) is 7. The molecule has 0 saturated heterocycles. The van der Waals surface area contributed by atoms with Crippen molar-refractivity contribution in [3.8, 4) is 86.2 Å². The molecular formula is C52H48O29. The Morgan fingerprint density at radius 2 is 0.654 bits per heavy atom. The summed E-state index contributed by atoms with van der Waals surface area (Å²) in [6.07, 6.45) is -0.657. The second-order valence-corrected chi connectivity index (χ2v) is 15.4. The SMILES string of the molecule is O=C(O)Cc1cc(O)cc(O)c1.O=C(O)Cc1ccc(O)c(O)c1.O=C(O)Cc1cccc(O)c1O.O=C(O)c1cc(O)c(O)c(O)c1.O=C(O)c1cc(O)cc(O)c1.O=C(O)c1ccc(O)c(O)c1.O=C(O)c1cccc(O)c1O. The Hall–Kier alpha value is -12.2. The van der Waals surface area contributed by atoms with Gasteiger partial charge in [0.25, 0.3) is 0 Å². The van der Waals surface area contributed by atoms with Crippen molar-refractivity contribution in [3.05, 3.63) is 160 Å². The van der Waals surface area contributed by atoms with E-state index in [1.165, 1.54) is 72.8 Å². The van der Waals surface area contributed by atoms with Crippen molar-refractivity contribution < 1.29 is 146 Å². The number of aromatic carboxylic acids is 4. The summed E-state index contributed by atoms with van der Waals surface area (Å²) in [5.74, 6) is -13.7. The van der Waals surface area contributed by atoms with Crippen molar-refractivity contribution in [1.82, 2.24) is 0 Å². The Labute approximate surface area is 452 Å². The first-order valence-corrected chi connectivity index (χ1v) is 21.6. The van der Waals surface area contributed by atoms with E-state index in [0.29, 0.717) is 11.1 Å². The van der Waals surface area contributed by atoms with E-state index >= 15 is 0 Å². The highest BCUT2D eigenvalue weighted by Crippen LogP contribution is 2.35. The number of aromatic hydroxyl groups is 15. The van der Waals surface area contributed by atoms with Crippen LogP contribution in [0.4, 0.5) is 0 Å². The van der Waals surface area contributed by atoms with E-state index in [9.17, 15) is 33.6 Å². The third kappa shape index (κ3) is 24.4. The maximum absolute atomic E-state index is 10.3. The van der Waals surface area contributed by atoms with Crippen LogP contribution in [0.5, 0.6) is 86.2 Å². The van der Waals surface area contributed by atoms with Gasteiger partial charge in [0.05, 0.1) is 36.0 Å². The second kappa shape index (κ2) is 31.7. The van der Waals surface area contributed by atoms with Crippen LogP contribution in [-0.4, -0.2) is 154 Å². The quantitative estimate of drug-likeness (QED) is 0.0795. The lowest BCUT2D eigenvalue weighted by molar-refractivity contribution is -0.137. The van der Waals surface area contributed by atoms with Gasteiger partial charge in [-0.1, -0.05) is 24.3 Å². The summed E-state index contributed by atoms with van der Waals surface area (Å²) < 4.78 is 0. The van der Waals surface area contributed by atoms with Gasteiger partial charge in [-0.05, 0) is 96.1 Å². The smallest absolute Gasteiger partial charge is 0.339 e. The molecule has 22 N–H and O–H groups in total. The number of aliphatic carboxylic acids is 3. The van der Waals surface area contributed by atoms with Gasteiger partial charge in [-0.25, -0.2) is 19.2 Å². The van der Waals surface area contributed by atoms with E-state index in [1.807, 2.05) is 0 Å². The maximum atomic E-state index is 10.3. The number of carboxylic acids is 7. The van der Waals surface area contributed by atoms with Crippen LogP contribution >= 0.6 is 0 Å². The zero-order valence-corrected chi connectivity index (χ0v) is 40.9. The highest BCUT2D eigenvalue weighted by atomic mass is 16.4. The minimum Gasteiger partial charge on any atom is -0.508 e. The maximum Gasteiger partial charge on any atom is 0.339 e. The van der Waals surface area contributed by atoms with E-state index < -0.39 is 76.3 Å². The molecule has 0 radical (unpaired) electrons. The van der Waals surface area contributed by atoms with Gasteiger partial charge < -0.3 is 112 Å². The van der Waals surface area contributed by atoms with Crippen LogP contribution < -0.4 is 0 Å². The van der Waals surface area contributed by atoms with Crippen LogP contribution in [0.3, 0.4) is 0 Å². The number of phenols is 15. The third-order valence-electron chi connectivity index (χ3n) is 9.09. The molecule has 0 fully saturated rings. The molecule has 7 aromatic rings. The van der Waals surface area contributed by atoms with E-state index in [4.69, 9.17) is 112 Å². The van der Waals surface area contributed by atoms with Crippen molar-refractivity contribution in [2.24, 2.45) is 0 Å². The van der Waals surface area contributed by atoms with Crippen molar-refractivity contribution in [1.29, 1.82) is 0 Å². The number of benzene rings is 7.